The van der Waals surface area contributed by atoms with Gasteiger partial charge in [0.05, 0.1) is 23.1 Å². The number of halogens is 1. The first kappa shape index (κ1) is 18.5. The van der Waals surface area contributed by atoms with Crippen molar-refractivity contribution in [3.05, 3.63) is 47.3 Å². The number of rotatable bonds is 3. The highest BCUT2D eigenvalue weighted by molar-refractivity contribution is 5.95. The normalized spacial score (nSPS) is 20.3. The van der Waals surface area contributed by atoms with Crippen molar-refractivity contribution >= 4 is 18.3 Å². The van der Waals surface area contributed by atoms with E-state index in [-0.39, 0.29) is 24.4 Å². The molecule has 2 unspecified atom stereocenters. The van der Waals surface area contributed by atoms with Crippen LogP contribution in [0.15, 0.2) is 30.5 Å². The minimum absolute atomic E-state index is 0. The molecule has 0 aliphatic carbocycles. The maximum atomic E-state index is 12.6. The van der Waals surface area contributed by atoms with Gasteiger partial charge in [0.25, 0.3) is 5.91 Å². The van der Waals surface area contributed by atoms with Crippen LogP contribution in [0, 0.1) is 19.8 Å². The fourth-order valence-electron chi connectivity index (χ4n) is 3.11. The molecule has 6 heteroatoms. The van der Waals surface area contributed by atoms with Crippen molar-refractivity contribution in [1.29, 1.82) is 0 Å². The minimum atomic E-state index is -0.0390. The maximum absolute atomic E-state index is 12.6. The summed E-state index contributed by atoms with van der Waals surface area (Å²) in [5.41, 5.74) is 3.66. The van der Waals surface area contributed by atoms with Crippen LogP contribution in [0.3, 0.4) is 0 Å². The van der Waals surface area contributed by atoms with Crippen molar-refractivity contribution in [2.24, 2.45) is 5.92 Å². The predicted octanol–water partition coefficient (Wildman–Crippen LogP) is 2.64. The molecule has 24 heavy (non-hydrogen) atoms. The summed E-state index contributed by atoms with van der Waals surface area (Å²) in [5, 5.41) is 10.9. The first-order chi connectivity index (χ1) is 11.1. The number of nitrogens with one attached hydrogen (secondary N) is 2. The number of aromatic nitrogens is 2. The molecular weight excluding hydrogens is 324 g/mol. The summed E-state index contributed by atoms with van der Waals surface area (Å²) < 4.78 is 1.84. The Labute approximate surface area is 149 Å². The van der Waals surface area contributed by atoms with Gasteiger partial charge in [0.15, 0.2) is 0 Å². The van der Waals surface area contributed by atoms with E-state index in [1.165, 1.54) is 0 Å². The smallest absolute Gasteiger partial charge is 0.255 e. The Kier molecular flexibility index (Phi) is 6.02. The van der Waals surface area contributed by atoms with E-state index in [2.05, 4.69) is 22.7 Å². The zero-order valence-corrected chi connectivity index (χ0v) is 15.2. The number of para-hydroxylation sites is 1. The monoisotopic (exact) mass is 348 g/mol. The molecule has 3 rings (SSSR count). The van der Waals surface area contributed by atoms with Crippen LogP contribution < -0.4 is 10.6 Å². The molecule has 2 heterocycles. The van der Waals surface area contributed by atoms with Gasteiger partial charge in [-0.2, -0.15) is 5.10 Å². The number of amides is 1. The average molecular weight is 349 g/mol. The lowest BCUT2D eigenvalue weighted by molar-refractivity contribution is 0.0914. The molecule has 0 bridgehead atoms. The van der Waals surface area contributed by atoms with Crippen LogP contribution in [0.1, 0.15) is 35.0 Å². The van der Waals surface area contributed by atoms with E-state index in [0.29, 0.717) is 11.5 Å². The summed E-state index contributed by atoms with van der Waals surface area (Å²) >= 11 is 0. The highest BCUT2D eigenvalue weighted by Gasteiger charge is 2.24. The number of carbonyl (C=O) groups is 1. The third-order valence-electron chi connectivity index (χ3n) is 4.74. The van der Waals surface area contributed by atoms with Gasteiger partial charge < -0.3 is 10.6 Å². The Morgan fingerprint density at radius 1 is 1.33 bits per heavy atom. The molecule has 1 aromatic carbocycles. The van der Waals surface area contributed by atoms with Crippen molar-refractivity contribution in [3.8, 4) is 5.69 Å². The number of carbonyl (C=O) groups excluding carboxylic acids is 1. The van der Waals surface area contributed by atoms with Gasteiger partial charge in [-0.25, -0.2) is 4.68 Å². The van der Waals surface area contributed by atoms with E-state index < -0.39 is 0 Å². The second-order valence-corrected chi connectivity index (χ2v) is 6.39. The van der Waals surface area contributed by atoms with Crippen LogP contribution in [0.25, 0.3) is 5.69 Å². The molecule has 2 atom stereocenters. The lowest BCUT2D eigenvalue weighted by atomic mass is 9.94. The second-order valence-electron chi connectivity index (χ2n) is 6.39. The molecule has 1 aromatic heterocycles. The number of nitrogens with zero attached hydrogens (tertiary/aromatic N) is 2. The fraction of sp³-hybridized carbons (Fsp3) is 0.444. The maximum Gasteiger partial charge on any atom is 0.255 e. The molecule has 0 radical (unpaired) electrons. The van der Waals surface area contributed by atoms with Crippen molar-refractivity contribution in [2.45, 2.75) is 33.2 Å². The SMILES string of the molecule is Cc1ccccc1-n1ncc(C(=O)NC2CNCCC2C)c1C.Cl. The summed E-state index contributed by atoms with van der Waals surface area (Å²) in [7, 11) is 0. The molecule has 1 saturated heterocycles. The summed E-state index contributed by atoms with van der Waals surface area (Å²) in [6, 6.07) is 8.23. The fourth-order valence-corrected chi connectivity index (χ4v) is 3.11. The number of benzene rings is 1. The summed E-state index contributed by atoms with van der Waals surface area (Å²) in [4.78, 5) is 12.6. The van der Waals surface area contributed by atoms with E-state index in [9.17, 15) is 4.79 Å². The van der Waals surface area contributed by atoms with Crippen molar-refractivity contribution in [1.82, 2.24) is 20.4 Å². The average Bonchev–Trinajstić information content (AvgIpc) is 2.92. The van der Waals surface area contributed by atoms with Crippen LogP contribution in [0.2, 0.25) is 0 Å². The quantitative estimate of drug-likeness (QED) is 0.896. The molecule has 2 N–H and O–H groups in total. The number of aryl methyl sites for hydroxylation is 1. The van der Waals surface area contributed by atoms with E-state index in [0.717, 1.165) is 36.5 Å². The van der Waals surface area contributed by atoms with Crippen molar-refractivity contribution in [2.75, 3.05) is 13.1 Å². The topological polar surface area (TPSA) is 59.0 Å². The van der Waals surface area contributed by atoms with E-state index in [1.807, 2.05) is 42.8 Å². The van der Waals surface area contributed by atoms with E-state index in [4.69, 9.17) is 0 Å². The summed E-state index contributed by atoms with van der Waals surface area (Å²) in [6.45, 7) is 8.04. The van der Waals surface area contributed by atoms with Gasteiger partial charge in [-0.15, -0.1) is 12.4 Å². The number of piperidine rings is 1. The van der Waals surface area contributed by atoms with E-state index >= 15 is 0 Å². The summed E-state index contributed by atoms with van der Waals surface area (Å²) in [5.74, 6) is 0.454. The lowest BCUT2D eigenvalue weighted by Gasteiger charge is -2.30. The molecule has 0 spiro atoms. The molecule has 0 saturated carbocycles. The van der Waals surface area contributed by atoms with Gasteiger partial charge in [-0.1, -0.05) is 25.1 Å². The van der Waals surface area contributed by atoms with Gasteiger partial charge in [0.2, 0.25) is 0 Å². The Balaban J connectivity index is 0.00000208. The van der Waals surface area contributed by atoms with Crippen LogP contribution >= 0.6 is 12.4 Å². The van der Waals surface area contributed by atoms with Gasteiger partial charge in [-0.05, 0) is 44.4 Å². The van der Waals surface area contributed by atoms with Gasteiger partial charge in [0.1, 0.15) is 0 Å². The predicted molar refractivity (Wildman–Crippen MR) is 98.2 cm³/mol. The largest absolute Gasteiger partial charge is 0.348 e. The van der Waals surface area contributed by atoms with Crippen molar-refractivity contribution in [3.63, 3.8) is 0 Å². The number of hydrogen-bond acceptors (Lipinski definition) is 3. The first-order valence-electron chi connectivity index (χ1n) is 8.20. The Morgan fingerprint density at radius 2 is 2.08 bits per heavy atom. The zero-order valence-electron chi connectivity index (χ0n) is 14.4. The first-order valence-corrected chi connectivity index (χ1v) is 8.20. The molecule has 1 aliphatic heterocycles. The Morgan fingerprint density at radius 3 is 2.79 bits per heavy atom. The van der Waals surface area contributed by atoms with Crippen LogP contribution in [-0.2, 0) is 0 Å². The van der Waals surface area contributed by atoms with Gasteiger partial charge in [-0.3, -0.25) is 4.79 Å². The molecule has 1 aliphatic rings. The third-order valence-corrected chi connectivity index (χ3v) is 4.74. The molecular formula is C18H25ClN4O. The molecule has 5 nitrogen and oxygen atoms in total. The standard InChI is InChI=1S/C18H24N4O.ClH/c1-12-8-9-19-11-16(12)21-18(23)15-10-20-22(14(15)3)17-7-5-4-6-13(17)2;/h4-7,10,12,16,19H,8-9,11H2,1-3H3,(H,21,23);1H. The lowest BCUT2D eigenvalue weighted by Crippen LogP contribution is -2.50. The van der Waals surface area contributed by atoms with Gasteiger partial charge >= 0.3 is 0 Å². The highest BCUT2D eigenvalue weighted by Crippen LogP contribution is 2.18. The van der Waals surface area contributed by atoms with Crippen LogP contribution in [0.4, 0.5) is 0 Å². The molecule has 1 amide bonds. The van der Waals surface area contributed by atoms with Crippen molar-refractivity contribution < 1.29 is 4.79 Å². The Hall–Kier alpha value is -1.85. The minimum Gasteiger partial charge on any atom is -0.348 e. The summed E-state index contributed by atoms with van der Waals surface area (Å²) in [6.07, 6.45) is 2.75. The second kappa shape index (κ2) is 7.81. The Bertz CT molecular complexity index is 713. The zero-order chi connectivity index (χ0) is 16.4. The van der Waals surface area contributed by atoms with E-state index in [1.54, 1.807) is 6.20 Å². The van der Waals surface area contributed by atoms with Crippen LogP contribution in [-0.4, -0.2) is 34.8 Å². The number of hydrogen-bond donors (Lipinski definition) is 2. The molecule has 1 fully saturated rings. The third kappa shape index (κ3) is 3.62. The van der Waals surface area contributed by atoms with Crippen LogP contribution in [0.5, 0.6) is 0 Å². The van der Waals surface area contributed by atoms with Gasteiger partial charge in [0, 0.05) is 12.6 Å². The molecule has 2 aromatic rings. The highest BCUT2D eigenvalue weighted by atomic mass is 35.5. The molecule has 130 valence electrons.